The second-order valence-corrected chi connectivity index (χ2v) is 7.77. The molecule has 3 unspecified atom stereocenters. The molecule has 2 aromatic rings. The Balaban J connectivity index is 1.41. The Hall–Kier alpha value is -1.80. The number of anilines is 1. The van der Waals surface area contributed by atoms with E-state index in [0.717, 1.165) is 12.5 Å². The molecule has 0 N–H and O–H groups in total. The monoisotopic (exact) mass is 334 g/mol. The Morgan fingerprint density at radius 1 is 1.00 bits per heavy atom. The minimum absolute atomic E-state index is 0.661. The molecule has 1 saturated heterocycles. The first-order chi connectivity index (χ1) is 12.3. The fraction of sp³-hybridized carbons (Fsp3) is 0.478. The van der Waals surface area contributed by atoms with Crippen LogP contribution in [0.25, 0.3) is 0 Å². The molecule has 3 atom stereocenters. The average molecular weight is 335 g/mol. The van der Waals surface area contributed by atoms with Crippen LogP contribution in [-0.4, -0.2) is 36.6 Å². The van der Waals surface area contributed by atoms with Gasteiger partial charge in [0.1, 0.15) is 0 Å². The van der Waals surface area contributed by atoms with Crippen LogP contribution in [0.2, 0.25) is 0 Å². The summed E-state index contributed by atoms with van der Waals surface area (Å²) in [5, 5.41) is 0. The molecule has 2 aliphatic rings. The lowest BCUT2D eigenvalue weighted by Crippen LogP contribution is -2.59. The Kier molecular flexibility index (Phi) is 4.80. The highest BCUT2D eigenvalue weighted by Crippen LogP contribution is 2.35. The summed E-state index contributed by atoms with van der Waals surface area (Å²) in [6.07, 6.45) is 3.89. The van der Waals surface area contributed by atoms with Gasteiger partial charge in [-0.2, -0.15) is 0 Å². The van der Waals surface area contributed by atoms with Crippen molar-refractivity contribution >= 4 is 5.69 Å². The highest BCUT2D eigenvalue weighted by Gasteiger charge is 2.36. The molecule has 0 bridgehead atoms. The SMILES string of the molecule is CCN(CC1CCc2ccccc21)CC1CC(C)N1c1ccccc1. The number of fused-ring (bicyclic) bond motifs is 1. The number of aryl methyl sites for hydroxylation is 1. The van der Waals surface area contributed by atoms with Gasteiger partial charge in [0.15, 0.2) is 0 Å². The number of hydrogen-bond donors (Lipinski definition) is 0. The van der Waals surface area contributed by atoms with Crippen molar-refractivity contribution in [3.8, 4) is 0 Å². The van der Waals surface area contributed by atoms with Gasteiger partial charge in [-0.05, 0) is 61.9 Å². The van der Waals surface area contributed by atoms with Gasteiger partial charge in [0.05, 0.1) is 0 Å². The zero-order chi connectivity index (χ0) is 17.2. The topological polar surface area (TPSA) is 6.48 Å². The molecular formula is C23H30N2. The quantitative estimate of drug-likeness (QED) is 0.755. The zero-order valence-electron chi connectivity index (χ0n) is 15.6. The first kappa shape index (κ1) is 16.7. The number of benzene rings is 2. The van der Waals surface area contributed by atoms with Crippen molar-refractivity contribution in [3.05, 3.63) is 65.7 Å². The molecule has 2 heteroatoms. The highest BCUT2D eigenvalue weighted by atomic mass is 15.3. The smallest absolute Gasteiger partial charge is 0.0439 e. The Morgan fingerprint density at radius 3 is 2.52 bits per heavy atom. The van der Waals surface area contributed by atoms with Crippen LogP contribution < -0.4 is 4.90 Å². The van der Waals surface area contributed by atoms with Gasteiger partial charge in [0.2, 0.25) is 0 Å². The van der Waals surface area contributed by atoms with E-state index in [4.69, 9.17) is 0 Å². The van der Waals surface area contributed by atoms with Crippen molar-refractivity contribution < 1.29 is 0 Å². The third-order valence-corrected chi connectivity index (χ3v) is 6.19. The Morgan fingerprint density at radius 2 is 1.76 bits per heavy atom. The summed E-state index contributed by atoms with van der Waals surface area (Å²) < 4.78 is 0. The molecule has 0 spiro atoms. The first-order valence-electron chi connectivity index (χ1n) is 9.89. The Labute approximate surface area is 152 Å². The highest BCUT2D eigenvalue weighted by molar-refractivity contribution is 5.51. The van der Waals surface area contributed by atoms with Crippen LogP contribution in [0.15, 0.2) is 54.6 Å². The lowest BCUT2D eigenvalue weighted by Gasteiger charge is -2.50. The number of para-hydroxylation sites is 1. The van der Waals surface area contributed by atoms with E-state index >= 15 is 0 Å². The fourth-order valence-corrected chi connectivity index (χ4v) is 4.85. The van der Waals surface area contributed by atoms with Gasteiger partial charge < -0.3 is 9.80 Å². The van der Waals surface area contributed by atoms with E-state index in [1.54, 1.807) is 11.1 Å². The van der Waals surface area contributed by atoms with Gasteiger partial charge >= 0.3 is 0 Å². The van der Waals surface area contributed by atoms with Crippen molar-refractivity contribution in [1.29, 1.82) is 0 Å². The number of nitrogens with zero attached hydrogens (tertiary/aromatic N) is 2. The summed E-state index contributed by atoms with van der Waals surface area (Å²) in [7, 11) is 0. The number of hydrogen-bond acceptors (Lipinski definition) is 2. The Bertz CT molecular complexity index is 696. The molecule has 1 aliphatic heterocycles. The van der Waals surface area contributed by atoms with Crippen molar-refractivity contribution in [2.45, 2.75) is 51.1 Å². The summed E-state index contributed by atoms with van der Waals surface area (Å²) in [5.41, 5.74) is 4.56. The summed E-state index contributed by atoms with van der Waals surface area (Å²) in [4.78, 5) is 5.30. The van der Waals surface area contributed by atoms with E-state index in [9.17, 15) is 0 Å². The molecule has 2 nitrogen and oxygen atoms in total. The number of likely N-dealkylation sites (N-methyl/N-ethyl adjacent to an activating group) is 1. The predicted octanol–water partition coefficient (Wildman–Crippen LogP) is 4.71. The van der Waals surface area contributed by atoms with Gasteiger partial charge in [-0.3, -0.25) is 0 Å². The molecule has 4 rings (SSSR count). The largest absolute Gasteiger partial charge is 0.364 e. The van der Waals surface area contributed by atoms with Crippen LogP contribution in [0.1, 0.15) is 43.7 Å². The van der Waals surface area contributed by atoms with Gasteiger partial charge in [-0.15, -0.1) is 0 Å². The maximum Gasteiger partial charge on any atom is 0.0439 e. The summed E-state index contributed by atoms with van der Waals surface area (Å²) in [6, 6.07) is 21.3. The average Bonchev–Trinajstić information content (AvgIpc) is 3.04. The molecule has 0 aromatic heterocycles. The van der Waals surface area contributed by atoms with E-state index in [1.807, 2.05) is 0 Å². The minimum atomic E-state index is 0.661. The summed E-state index contributed by atoms with van der Waals surface area (Å²) in [5.74, 6) is 0.721. The van der Waals surface area contributed by atoms with Gasteiger partial charge in [-0.25, -0.2) is 0 Å². The van der Waals surface area contributed by atoms with Crippen LogP contribution in [-0.2, 0) is 6.42 Å². The van der Waals surface area contributed by atoms with Crippen LogP contribution in [0.4, 0.5) is 5.69 Å². The van der Waals surface area contributed by atoms with Crippen molar-refractivity contribution in [2.24, 2.45) is 0 Å². The van der Waals surface area contributed by atoms with Crippen molar-refractivity contribution in [3.63, 3.8) is 0 Å². The molecule has 132 valence electrons. The predicted molar refractivity (Wildman–Crippen MR) is 106 cm³/mol. The van der Waals surface area contributed by atoms with Crippen LogP contribution in [0, 0.1) is 0 Å². The van der Waals surface area contributed by atoms with E-state index in [-0.39, 0.29) is 0 Å². The van der Waals surface area contributed by atoms with Crippen LogP contribution in [0.5, 0.6) is 0 Å². The summed E-state index contributed by atoms with van der Waals surface area (Å²) in [6.45, 7) is 8.21. The third-order valence-electron chi connectivity index (χ3n) is 6.19. The molecule has 0 saturated carbocycles. The molecule has 0 amide bonds. The minimum Gasteiger partial charge on any atom is -0.364 e. The third kappa shape index (κ3) is 3.32. The van der Waals surface area contributed by atoms with Crippen LogP contribution in [0.3, 0.4) is 0 Å². The van der Waals surface area contributed by atoms with Crippen molar-refractivity contribution in [2.75, 3.05) is 24.5 Å². The fourth-order valence-electron chi connectivity index (χ4n) is 4.85. The normalized spacial score (nSPS) is 25.1. The maximum atomic E-state index is 2.68. The van der Waals surface area contributed by atoms with E-state index in [0.29, 0.717) is 12.1 Å². The molecular weight excluding hydrogens is 304 g/mol. The van der Waals surface area contributed by atoms with Crippen molar-refractivity contribution in [1.82, 2.24) is 4.90 Å². The second-order valence-electron chi connectivity index (χ2n) is 7.77. The van der Waals surface area contributed by atoms with Gasteiger partial charge in [0, 0.05) is 30.9 Å². The van der Waals surface area contributed by atoms with Crippen LogP contribution >= 0.6 is 0 Å². The van der Waals surface area contributed by atoms with E-state index in [2.05, 4.69) is 78.2 Å². The van der Waals surface area contributed by atoms with Gasteiger partial charge in [0.25, 0.3) is 0 Å². The maximum absolute atomic E-state index is 2.68. The molecule has 1 fully saturated rings. The molecule has 2 aromatic carbocycles. The van der Waals surface area contributed by atoms with E-state index in [1.165, 1.54) is 38.0 Å². The lowest BCUT2D eigenvalue weighted by atomic mass is 9.92. The molecule has 0 radical (unpaired) electrons. The first-order valence-corrected chi connectivity index (χ1v) is 9.89. The van der Waals surface area contributed by atoms with E-state index < -0.39 is 0 Å². The molecule has 1 heterocycles. The lowest BCUT2D eigenvalue weighted by molar-refractivity contribution is 0.207. The van der Waals surface area contributed by atoms with Gasteiger partial charge in [-0.1, -0.05) is 49.4 Å². The standard InChI is InChI=1S/C23H30N2/c1-3-24(16-20-14-13-19-9-7-8-12-23(19)20)17-22-15-18(2)25(22)21-10-5-4-6-11-21/h4-12,18,20,22H,3,13-17H2,1-2H3. The second kappa shape index (κ2) is 7.21. The zero-order valence-corrected chi connectivity index (χ0v) is 15.6. The molecule has 25 heavy (non-hydrogen) atoms. The number of rotatable bonds is 6. The molecule has 1 aliphatic carbocycles. The summed E-state index contributed by atoms with van der Waals surface area (Å²) >= 11 is 0.